The van der Waals surface area contributed by atoms with E-state index in [2.05, 4.69) is 99.9 Å². The van der Waals surface area contributed by atoms with Gasteiger partial charge in [0.25, 0.3) is 0 Å². The van der Waals surface area contributed by atoms with Crippen LogP contribution in [-0.4, -0.2) is 11.4 Å². The molecule has 0 saturated heterocycles. The van der Waals surface area contributed by atoms with Crippen molar-refractivity contribution in [3.8, 4) is 23.7 Å². The molecule has 2 aromatic rings. The van der Waals surface area contributed by atoms with E-state index in [0.717, 1.165) is 78.9 Å². The van der Waals surface area contributed by atoms with Gasteiger partial charge in [0.2, 0.25) is 0 Å². The minimum atomic E-state index is 0. The Bertz CT molecular complexity index is 1650. The molecule has 0 saturated carbocycles. The summed E-state index contributed by atoms with van der Waals surface area (Å²) in [6.45, 7) is 9.15. The molecule has 0 heterocycles. The van der Waals surface area contributed by atoms with Gasteiger partial charge in [0.05, 0.1) is 22.8 Å². The van der Waals surface area contributed by atoms with E-state index < -0.39 is 0 Å². The second-order valence-corrected chi connectivity index (χ2v) is 21.6. The normalized spacial score (nSPS) is 11.6. The van der Waals surface area contributed by atoms with Gasteiger partial charge in [0, 0.05) is 40.5 Å². The summed E-state index contributed by atoms with van der Waals surface area (Å²) in [5.74, 6) is 13.8. The summed E-state index contributed by atoms with van der Waals surface area (Å²) in [6, 6.07) is 17.2. The largest absolute Gasteiger partial charge is 0.252 e. The Balaban J connectivity index is 0.0000259. The van der Waals surface area contributed by atoms with Crippen LogP contribution in [0.2, 0.25) is 0 Å². The number of hydrogen-bond donors (Lipinski definition) is 0. The monoisotopic (exact) mass is 1030 g/mol. The molecule has 0 aliphatic heterocycles. The van der Waals surface area contributed by atoms with E-state index in [1.54, 1.807) is 0 Å². The van der Waals surface area contributed by atoms with Crippen LogP contribution in [0.4, 0.5) is 11.4 Å². The maximum absolute atomic E-state index is 5.26. The van der Waals surface area contributed by atoms with Crippen molar-refractivity contribution in [2.75, 3.05) is 0 Å². The zero-order chi connectivity index (χ0) is 50.6. The Hall–Kier alpha value is -2.61. The third-order valence-electron chi connectivity index (χ3n) is 14.7. The summed E-state index contributed by atoms with van der Waals surface area (Å²) in [4.78, 5) is 10.5. The van der Waals surface area contributed by atoms with Crippen LogP contribution in [0.15, 0.2) is 58.5 Å². The predicted molar refractivity (Wildman–Crippen MR) is 321 cm³/mol. The minimum Gasteiger partial charge on any atom is -0.252 e. The van der Waals surface area contributed by atoms with E-state index in [-0.39, 0.29) is 16.5 Å². The summed E-state index contributed by atoms with van der Waals surface area (Å²) < 4.78 is 0. The summed E-state index contributed by atoms with van der Waals surface area (Å²) in [5.41, 5.74) is 6.44. The zero-order valence-corrected chi connectivity index (χ0v) is 49.1. The van der Waals surface area contributed by atoms with Crippen molar-refractivity contribution < 1.29 is 16.5 Å². The van der Waals surface area contributed by atoms with Crippen molar-refractivity contribution in [3.05, 3.63) is 59.7 Å². The molecule has 0 bridgehead atoms. The van der Waals surface area contributed by atoms with Crippen LogP contribution in [0.5, 0.6) is 0 Å². The van der Waals surface area contributed by atoms with Crippen molar-refractivity contribution in [1.29, 1.82) is 0 Å². The number of aliphatic imine (C=N–C) groups is 2. The first-order valence-corrected chi connectivity index (χ1v) is 31.5. The molecule has 0 radical (unpaired) electrons. The summed E-state index contributed by atoms with van der Waals surface area (Å²) in [6.07, 6.45) is 63.5. The fourth-order valence-electron chi connectivity index (χ4n) is 9.88. The molecule has 3 heteroatoms. The molecule has 2 aromatic carbocycles. The molecular formula is C69H114N2Ni. The van der Waals surface area contributed by atoms with E-state index in [0.29, 0.717) is 0 Å². The van der Waals surface area contributed by atoms with Gasteiger partial charge in [0.15, 0.2) is 0 Å². The summed E-state index contributed by atoms with van der Waals surface area (Å²) >= 11 is 0. The van der Waals surface area contributed by atoms with Crippen LogP contribution in [0.25, 0.3) is 0 Å². The van der Waals surface area contributed by atoms with Gasteiger partial charge in [-0.1, -0.05) is 302 Å². The topological polar surface area (TPSA) is 24.7 Å². The van der Waals surface area contributed by atoms with Crippen LogP contribution >= 0.6 is 0 Å². The molecule has 0 aliphatic carbocycles. The van der Waals surface area contributed by atoms with Crippen LogP contribution in [0.1, 0.15) is 341 Å². The van der Waals surface area contributed by atoms with E-state index in [4.69, 9.17) is 9.98 Å². The van der Waals surface area contributed by atoms with Crippen LogP contribution in [-0.2, 0) is 16.5 Å². The first-order chi connectivity index (χ1) is 35.2. The smallest absolute Gasteiger partial charge is 0.0634 e. The van der Waals surface area contributed by atoms with E-state index in [1.807, 2.05) is 0 Å². The average molecular weight is 1030 g/mol. The Morgan fingerprint density at radius 3 is 0.764 bits per heavy atom. The van der Waals surface area contributed by atoms with Gasteiger partial charge in [-0.15, -0.1) is 0 Å². The second kappa shape index (κ2) is 53.2. The van der Waals surface area contributed by atoms with Gasteiger partial charge in [-0.05, 0) is 87.1 Å². The molecule has 0 aliphatic rings. The van der Waals surface area contributed by atoms with Crippen LogP contribution in [0.3, 0.4) is 0 Å². The number of nitrogens with zero attached hydrogens (tertiary/aromatic N) is 2. The molecular weight excluding hydrogens is 915 g/mol. The fraction of sp³-hybridized carbons (Fsp3) is 0.739. The molecule has 0 N–H and O–H groups in total. The SMILES string of the molecule is CCCCCCCCCCCCCCCCCCCCCC#Cc1ccc(N=C(CCCC)C(CCCCC)=Nc2ccc(C#CCCCCCCCCCCCCCCCCCCCCC)cc2)cc1.[Ni]. The third-order valence-corrected chi connectivity index (χ3v) is 14.7. The number of unbranched alkanes of at least 4 members (excludes halogenated alkanes) is 41. The van der Waals surface area contributed by atoms with Crippen molar-refractivity contribution >= 4 is 22.8 Å². The number of benzene rings is 2. The van der Waals surface area contributed by atoms with Gasteiger partial charge < -0.3 is 0 Å². The van der Waals surface area contributed by atoms with Crippen molar-refractivity contribution in [1.82, 2.24) is 0 Å². The van der Waals surface area contributed by atoms with E-state index in [9.17, 15) is 0 Å². The molecule has 2 nitrogen and oxygen atoms in total. The molecule has 410 valence electrons. The molecule has 0 fully saturated rings. The van der Waals surface area contributed by atoms with E-state index >= 15 is 0 Å². The molecule has 72 heavy (non-hydrogen) atoms. The van der Waals surface area contributed by atoms with Crippen molar-refractivity contribution in [2.45, 2.75) is 329 Å². The summed E-state index contributed by atoms with van der Waals surface area (Å²) in [5, 5.41) is 0. The van der Waals surface area contributed by atoms with E-state index in [1.165, 1.54) is 257 Å². The van der Waals surface area contributed by atoms with Gasteiger partial charge in [-0.2, -0.15) is 0 Å². The number of rotatable bonds is 48. The average Bonchev–Trinajstić information content (AvgIpc) is 3.39. The number of hydrogen-bond acceptors (Lipinski definition) is 2. The van der Waals surface area contributed by atoms with Crippen LogP contribution < -0.4 is 0 Å². The summed E-state index contributed by atoms with van der Waals surface area (Å²) in [7, 11) is 0. The molecule has 0 unspecified atom stereocenters. The van der Waals surface area contributed by atoms with Crippen molar-refractivity contribution in [3.63, 3.8) is 0 Å². The van der Waals surface area contributed by atoms with Crippen molar-refractivity contribution in [2.24, 2.45) is 9.98 Å². The Kier molecular flexibility index (Phi) is 49.8. The Morgan fingerprint density at radius 1 is 0.278 bits per heavy atom. The molecule has 2 rings (SSSR count). The van der Waals surface area contributed by atoms with Gasteiger partial charge >= 0.3 is 0 Å². The molecule has 0 aromatic heterocycles. The van der Waals surface area contributed by atoms with Gasteiger partial charge in [0.1, 0.15) is 0 Å². The van der Waals surface area contributed by atoms with Gasteiger partial charge in [-0.3, -0.25) is 9.98 Å². The molecule has 0 atom stereocenters. The zero-order valence-electron chi connectivity index (χ0n) is 48.1. The Labute approximate surface area is 459 Å². The maximum atomic E-state index is 5.26. The fourth-order valence-corrected chi connectivity index (χ4v) is 9.88. The standard InChI is InChI=1S/C69H114N2.Ni/c1-5-9-13-15-17-19-21-23-25-27-29-31-33-35-37-39-41-43-45-47-50-52-64-56-60-66(61-57-64)70-68(54-12-8-4)69(55-49-11-7-3)71-67-62-58-65(59-63-67)53-51-48-46-44-42-40-38-36-34-32-30-28-26-24-22-20-18-16-14-10-6-2;/h56-63H,5-49,54-55H2,1-4H3;. The first kappa shape index (κ1) is 67.4. The quantitative estimate of drug-likeness (QED) is 0.0273. The first-order valence-electron chi connectivity index (χ1n) is 31.5. The van der Waals surface area contributed by atoms with Gasteiger partial charge in [-0.25, -0.2) is 0 Å². The minimum absolute atomic E-state index is 0. The Morgan fingerprint density at radius 2 is 0.500 bits per heavy atom. The second-order valence-electron chi connectivity index (χ2n) is 21.6. The third kappa shape index (κ3) is 41.7. The molecule has 0 amide bonds. The maximum Gasteiger partial charge on any atom is 0.0634 e. The van der Waals surface area contributed by atoms with Crippen LogP contribution in [0, 0.1) is 23.7 Å². The predicted octanol–water partition coefficient (Wildman–Crippen LogP) is 23.6. The molecule has 0 spiro atoms.